The van der Waals surface area contributed by atoms with Crippen molar-refractivity contribution in [3.05, 3.63) is 0 Å². The molecule has 2 rings (SSSR count). The van der Waals surface area contributed by atoms with Crippen LogP contribution >= 0.6 is 24.8 Å². The van der Waals surface area contributed by atoms with Crippen molar-refractivity contribution >= 4 is 24.8 Å². The normalized spacial score (nSPS) is 31.6. The Kier molecular flexibility index (Phi) is 14.0. The maximum absolute atomic E-state index is 12.0. The molecule has 0 heterocycles. The minimum atomic E-state index is -2.13. The Balaban J connectivity index is 0. The van der Waals surface area contributed by atoms with E-state index in [1.807, 2.05) is 0 Å². The van der Waals surface area contributed by atoms with Gasteiger partial charge in [0.05, 0.1) is 0 Å². The van der Waals surface area contributed by atoms with Crippen LogP contribution in [0.4, 0.5) is 17.6 Å². The van der Waals surface area contributed by atoms with Crippen LogP contribution in [0.3, 0.4) is 0 Å². The molecule has 0 radical (unpaired) electrons. The molecular formula is C14H28Cl2F4N2. The van der Waals surface area contributed by atoms with Crippen molar-refractivity contribution in [2.45, 2.75) is 76.3 Å². The maximum atomic E-state index is 12.0. The lowest BCUT2D eigenvalue weighted by Gasteiger charge is -2.24. The second-order valence-corrected chi connectivity index (χ2v) is 6.02. The summed E-state index contributed by atoms with van der Waals surface area (Å²) < 4.78 is 48.0. The van der Waals surface area contributed by atoms with Gasteiger partial charge in [0.1, 0.15) is 0 Å². The molecule has 0 aromatic heterocycles. The van der Waals surface area contributed by atoms with Crippen molar-refractivity contribution < 1.29 is 17.6 Å². The average Bonchev–Trinajstić information content (AvgIpc) is 2.40. The van der Waals surface area contributed by atoms with Crippen LogP contribution < -0.4 is 11.5 Å². The van der Waals surface area contributed by atoms with Crippen LogP contribution in [0.2, 0.25) is 0 Å². The summed E-state index contributed by atoms with van der Waals surface area (Å²) in [5.74, 6) is -0.750. The first-order valence-corrected chi connectivity index (χ1v) is 7.47. The molecule has 2 saturated carbocycles. The Labute approximate surface area is 142 Å². The van der Waals surface area contributed by atoms with Crippen LogP contribution in [0.5, 0.6) is 0 Å². The van der Waals surface area contributed by atoms with E-state index in [4.69, 9.17) is 11.5 Å². The lowest BCUT2D eigenvalue weighted by molar-refractivity contribution is 0.0529. The van der Waals surface area contributed by atoms with E-state index < -0.39 is 12.9 Å². The molecule has 0 bridgehead atoms. The fourth-order valence-electron chi connectivity index (χ4n) is 2.79. The monoisotopic (exact) mass is 370 g/mol. The van der Waals surface area contributed by atoms with Crippen molar-refractivity contribution in [1.82, 2.24) is 0 Å². The van der Waals surface area contributed by atoms with Gasteiger partial charge in [-0.25, -0.2) is 17.6 Å². The van der Waals surface area contributed by atoms with Crippen LogP contribution in [-0.2, 0) is 0 Å². The third kappa shape index (κ3) is 9.38. The zero-order valence-electron chi connectivity index (χ0n) is 12.6. The molecule has 0 saturated heterocycles. The van der Waals surface area contributed by atoms with Gasteiger partial charge >= 0.3 is 0 Å². The van der Waals surface area contributed by atoms with Gasteiger partial charge in [-0.2, -0.15) is 0 Å². The Morgan fingerprint density at radius 1 is 0.545 bits per heavy atom. The summed E-state index contributed by atoms with van der Waals surface area (Å²) in [5.41, 5.74) is 11.1. The molecule has 0 unspecified atom stereocenters. The van der Waals surface area contributed by atoms with Gasteiger partial charge in [0.25, 0.3) is 0 Å². The largest absolute Gasteiger partial charge is 0.328 e. The molecule has 136 valence electrons. The zero-order valence-corrected chi connectivity index (χ0v) is 14.2. The third-order valence-electron chi connectivity index (χ3n) is 4.35. The first kappa shape index (κ1) is 24.5. The molecule has 0 spiro atoms. The van der Waals surface area contributed by atoms with Crippen LogP contribution in [-0.4, -0.2) is 24.9 Å². The number of nitrogens with two attached hydrogens (primary N) is 2. The molecular weight excluding hydrogens is 343 g/mol. The average molecular weight is 371 g/mol. The lowest BCUT2D eigenvalue weighted by Crippen LogP contribution is -2.29. The Hall–Kier alpha value is 0.220. The standard InChI is InChI=1S/2C7H13F2N.2ClH/c2*8-7(9)5-1-3-6(10)4-2-5;;/h2*5-7H,1-4,10H2;2*1H. The van der Waals surface area contributed by atoms with Gasteiger partial charge in [-0.05, 0) is 51.4 Å². The van der Waals surface area contributed by atoms with Crippen LogP contribution in [0.1, 0.15) is 51.4 Å². The Bertz CT molecular complexity index is 231. The molecule has 22 heavy (non-hydrogen) atoms. The quantitative estimate of drug-likeness (QED) is 0.708. The van der Waals surface area contributed by atoms with Crippen LogP contribution in [0.15, 0.2) is 0 Å². The van der Waals surface area contributed by atoms with E-state index in [9.17, 15) is 17.6 Å². The summed E-state index contributed by atoms with van der Waals surface area (Å²) in [6.07, 6.45) is 1.27. The summed E-state index contributed by atoms with van der Waals surface area (Å²) in [6, 6.07) is 0.352. The highest BCUT2D eigenvalue weighted by Crippen LogP contribution is 2.28. The van der Waals surface area contributed by atoms with Crippen molar-refractivity contribution in [3.63, 3.8) is 0 Å². The van der Waals surface area contributed by atoms with Gasteiger partial charge < -0.3 is 11.5 Å². The highest BCUT2D eigenvalue weighted by Gasteiger charge is 2.26. The van der Waals surface area contributed by atoms with Crippen molar-refractivity contribution in [3.8, 4) is 0 Å². The van der Waals surface area contributed by atoms with Crippen molar-refractivity contribution in [2.75, 3.05) is 0 Å². The smallest absolute Gasteiger partial charge is 0.241 e. The van der Waals surface area contributed by atoms with E-state index in [0.29, 0.717) is 25.7 Å². The number of rotatable bonds is 2. The molecule has 2 fully saturated rings. The van der Waals surface area contributed by atoms with E-state index >= 15 is 0 Å². The van der Waals surface area contributed by atoms with Crippen molar-refractivity contribution in [2.24, 2.45) is 23.3 Å². The van der Waals surface area contributed by atoms with Gasteiger partial charge in [-0.3, -0.25) is 0 Å². The molecule has 0 aromatic rings. The van der Waals surface area contributed by atoms with E-state index in [0.717, 1.165) is 25.7 Å². The molecule has 4 N–H and O–H groups in total. The maximum Gasteiger partial charge on any atom is 0.241 e. The molecule has 0 aliphatic heterocycles. The first-order chi connectivity index (χ1) is 9.40. The number of hydrogen-bond donors (Lipinski definition) is 2. The van der Waals surface area contributed by atoms with Gasteiger partial charge in [0.2, 0.25) is 12.9 Å². The van der Waals surface area contributed by atoms with E-state index in [2.05, 4.69) is 0 Å². The molecule has 2 aliphatic rings. The molecule has 2 nitrogen and oxygen atoms in total. The van der Waals surface area contributed by atoms with Crippen molar-refractivity contribution in [1.29, 1.82) is 0 Å². The van der Waals surface area contributed by atoms with E-state index in [1.165, 1.54) is 0 Å². The Morgan fingerprint density at radius 3 is 0.955 bits per heavy atom. The lowest BCUT2D eigenvalue weighted by atomic mass is 9.87. The SMILES string of the molecule is Cl.Cl.NC1CCC(C(F)F)CC1.NC1CCC(C(F)F)CC1. The number of alkyl halides is 4. The Morgan fingerprint density at radius 2 is 0.773 bits per heavy atom. The molecule has 0 aromatic carbocycles. The summed E-state index contributed by atoms with van der Waals surface area (Å²) in [4.78, 5) is 0. The molecule has 2 aliphatic carbocycles. The fourth-order valence-corrected chi connectivity index (χ4v) is 2.79. The fraction of sp³-hybridized carbons (Fsp3) is 1.00. The highest BCUT2D eigenvalue weighted by molar-refractivity contribution is 5.85. The summed E-state index contributed by atoms with van der Waals surface area (Å²) >= 11 is 0. The highest BCUT2D eigenvalue weighted by atomic mass is 35.5. The minimum Gasteiger partial charge on any atom is -0.328 e. The first-order valence-electron chi connectivity index (χ1n) is 7.47. The van der Waals surface area contributed by atoms with Crippen LogP contribution in [0, 0.1) is 11.8 Å². The minimum absolute atomic E-state index is 0. The molecule has 0 atom stereocenters. The zero-order chi connectivity index (χ0) is 15.1. The number of hydrogen-bond acceptors (Lipinski definition) is 2. The van der Waals surface area contributed by atoms with Gasteiger partial charge in [-0.1, -0.05) is 0 Å². The summed E-state index contributed by atoms with van der Waals surface area (Å²) in [6.45, 7) is 0. The second kappa shape index (κ2) is 12.6. The predicted octanol–water partition coefficient (Wildman–Crippen LogP) is 4.38. The molecule has 8 heteroatoms. The second-order valence-electron chi connectivity index (χ2n) is 6.02. The van der Waals surface area contributed by atoms with Gasteiger partial charge in [0.15, 0.2) is 0 Å². The third-order valence-corrected chi connectivity index (χ3v) is 4.35. The van der Waals surface area contributed by atoms with E-state index in [-0.39, 0.29) is 48.7 Å². The predicted molar refractivity (Wildman–Crippen MR) is 86.4 cm³/mol. The van der Waals surface area contributed by atoms with Gasteiger partial charge in [0, 0.05) is 23.9 Å². The molecule has 0 amide bonds. The van der Waals surface area contributed by atoms with Crippen LogP contribution in [0.25, 0.3) is 0 Å². The summed E-state index contributed by atoms with van der Waals surface area (Å²) in [7, 11) is 0. The summed E-state index contributed by atoms with van der Waals surface area (Å²) in [5, 5.41) is 0. The van der Waals surface area contributed by atoms with E-state index in [1.54, 1.807) is 0 Å². The number of halogens is 6. The van der Waals surface area contributed by atoms with Gasteiger partial charge in [-0.15, -0.1) is 24.8 Å². The topological polar surface area (TPSA) is 52.0 Å².